The van der Waals surface area contributed by atoms with Crippen LogP contribution >= 0.6 is 12.2 Å². The van der Waals surface area contributed by atoms with E-state index in [9.17, 15) is 0 Å². The van der Waals surface area contributed by atoms with E-state index < -0.39 is 0 Å². The summed E-state index contributed by atoms with van der Waals surface area (Å²) in [5, 5.41) is 4.59. The molecule has 3 rings (SSSR count). The van der Waals surface area contributed by atoms with Crippen molar-refractivity contribution in [3.05, 3.63) is 57.9 Å². The second-order valence-electron chi connectivity index (χ2n) is 6.91. The molecule has 2 aromatic carbocycles. The van der Waals surface area contributed by atoms with Crippen molar-refractivity contribution in [2.75, 3.05) is 21.3 Å². The largest absolute Gasteiger partial charge is 0.493 e. The molecule has 1 unspecified atom stereocenters. The molecule has 0 aliphatic heterocycles. The van der Waals surface area contributed by atoms with Crippen molar-refractivity contribution in [2.45, 2.75) is 27.1 Å². The number of nitrogens with one attached hydrogen (secondary N) is 1. The van der Waals surface area contributed by atoms with Gasteiger partial charge in [-0.25, -0.2) is 0 Å². The topological polar surface area (TPSA) is 53.9 Å². The number of nitrogens with zero attached hydrogens (tertiary/aromatic N) is 2. The lowest BCUT2D eigenvalue weighted by molar-refractivity contribution is -0.917. The minimum Gasteiger partial charge on any atom is -0.493 e. The van der Waals surface area contributed by atoms with E-state index in [-0.39, 0.29) is 0 Å². The Hall–Kier alpha value is -2.64. The van der Waals surface area contributed by atoms with Crippen LogP contribution in [0.25, 0.3) is 11.5 Å². The summed E-state index contributed by atoms with van der Waals surface area (Å²) < 4.78 is 18.3. The molecule has 6 nitrogen and oxygen atoms in total. The molecule has 0 aliphatic rings. The summed E-state index contributed by atoms with van der Waals surface area (Å²) in [5.41, 5.74) is 4.40. The van der Waals surface area contributed by atoms with Crippen LogP contribution < -0.4 is 14.4 Å². The van der Waals surface area contributed by atoms with Gasteiger partial charge in [-0.05, 0) is 55.4 Å². The zero-order chi connectivity index (χ0) is 20.3. The molecular formula is C21H26N3O3S+. The average Bonchev–Trinajstić information content (AvgIpc) is 3.03. The predicted octanol–water partition coefficient (Wildman–Crippen LogP) is 3.18. The molecular weight excluding hydrogens is 374 g/mol. The van der Waals surface area contributed by atoms with Gasteiger partial charge in [0.25, 0.3) is 4.84 Å². The minimum atomic E-state index is 0.377. The van der Waals surface area contributed by atoms with Crippen LogP contribution in [-0.4, -0.2) is 31.0 Å². The SMILES string of the molecule is COc1cc(C)c(C[NH+](C)Cn2nc(-c3ccccc3C)oc2=S)cc1OC. The minimum absolute atomic E-state index is 0.377. The smallest absolute Gasteiger partial charge is 0.292 e. The van der Waals surface area contributed by atoms with Gasteiger partial charge in [0.15, 0.2) is 18.2 Å². The molecule has 1 atom stereocenters. The summed E-state index contributed by atoms with van der Waals surface area (Å²) in [7, 11) is 5.39. The summed E-state index contributed by atoms with van der Waals surface area (Å²) in [6.45, 7) is 5.50. The Labute approximate surface area is 170 Å². The van der Waals surface area contributed by atoms with Crippen molar-refractivity contribution in [3.8, 4) is 23.0 Å². The highest BCUT2D eigenvalue weighted by molar-refractivity contribution is 7.71. The molecule has 0 radical (unpaired) electrons. The Morgan fingerprint density at radius 1 is 1.07 bits per heavy atom. The zero-order valence-electron chi connectivity index (χ0n) is 16.9. The molecule has 3 aromatic rings. The molecule has 0 aliphatic carbocycles. The van der Waals surface area contributed by atoms with Gasteiger partial charge in [0.2, 0.25) is 5.89 Å². The van der Waals surface area contributed by atoms with Gasteiger partial charge in [-0.3, -0.25) is 0 Å². The summed E-state index contributed by atoms with van der Waals surface area (Å²) in [6, 6.07) is 12.0. The molecule has 1 N–H and O–H groups in total. The number of aryl methyl sites for hydroxylation is 2. The maximum atomic E-state index is 5.74. The highest BCUT2D eigenvalue weighted by Crippen LogP contribution is 2.30. The van der Waals surface area contributed by atoms with Crippen molar-refractivity contribution in [2.24, 2.45) is 0 Å². The number of aromatic nitrogens is 2. The van der Waals surface area contributed by atoms with Gasteiger partial charge in [0.05, 0.1) is 21.3 Å². The van der Waals surface area contributed by atoms with Crippen LogP contribution in [0, 0.1) is 18.7 Å². The lowest BCUT2D eigenvalue weighted by Crippen LogP contribution is -3.07. The van der Waals surface area contributed by atoms with Crippen molar-refractivity contribution in [1.82, 2.24) is 9.78 Å². The Balaban J connectivity index is 1.78. The second-order valence-corrected chi connectivity index (χ2v) is 7.26. The van der Waals surface area contributed by atoms with E-state index in [0.29, 0.717) is 17.4 Å². The molecule has 1 heterocycles. The summed E-state index contributed by atoms with van der Waals surface area (Å²) in [5.74, 6) is 2.02. The molecule has 148 valence electrons. The lowest BCUT2D eigenvalue weighted by atomic mass is 10.1. The third-order valence-electron chi connectivity index (χ3n) is 4.74. The van der Waals surface area contributed by atoms with Crippen LogP contribution in [-0.2, 0) is 13.2 Å². The second kappa shape index (κ2) is 8.58. The average molecular weight is 401 g/mol. The third kappa shape index (κ3) is 4.26. The molecule has 28 heavy (non-hydrogen) atoms. The first kappa shape index (κ1) is 20.1. The number of quaternary nitrogens is 1. The van der Waals surface area contributed by atoms with Gasteiger partial charge in [-0.15, -0.1) is 5.10 Å². The van der Waals surface area contributed by atoms with Crippen LogP contribution in [0.2, 0.25) is 0 Å². The van der Waals surface area contributed by atoms with E-state index in [2.05, 4.69) is 19.1 Å². The standard InChI is InChI=1S/C21H25N3O3S/c1-14-8-6-7-9-17(14)20-22-24(21(28)27-20)13-23(3)12-16-11-19(26-5)18(25-4)10-15(16)2/h6-11H,12-13H2,1-5H3/p+1. The normalized spacial score (nSPS) is 12.0. The van der Waals surface area contributed by atoms with E-state index in [4.69, 9.17) is 26.1 Å². The fraction of sp³-hybridized carbons (Fsp3) is 0.333. The summed E-state index contributed by atoms with van der Waals surface area (Å²) in [6.07, 6.45) is 0. The molecule has 0 amide bonds. The van der Waals surface area contributed by atoms with Crippen LogP contribution in [0.5, 0.6) is 11.5 Å². The quantitative estimate of drug-likeness (QED) is 0.618. The summed E-state index contributed by atoms with van der Waals surface area (Å²) in [4.78, 5) is 1.60. The predicted molar refractivity (Wildman–Crippen MR) is 110 cm³/mol. The number of hydrogen-bond acceptors (Lipinski definition) is 5. The van der Waals surface area contributed by atoms with Crippen molar-refractivity contribution >= 4 is 12.2 Å². The maximum Gasteiger partial charge on any atom is 0.292 e. The molecule has 7 heteroatoms. The number of ether oxygens (including phenoxy) is 2. The van der Waals surface area contributed by atoms with Gasteiger partial charge < -0.3 is 18.8 Å². The van der Waals surface area contributed by atoms with Gasteiger partial charge in [0, 0.05) is 11.1 Å². The molecule has 0 fully saturated rings. The highest BCUT2D eigenvalue weighted by Gasteiger charge is 2.15. The number of rotatable bonds is 7. The van der Waals surface area contributed by atoms with Crippen LogP contribution in [0.1, 0.15) is 16.7 Å². The van der Waals surface area contributed by atoms with Crippen molar-refractivity contribution < 1.29 is 18.8 Å². The zero-order valence-corrected chi connectivity index (χ0v) is 17.7. The van der Waals surface area contributed by atoms with Gasteiger partial charge in [0.1, 0.15) is 6.54 Å². The highest BCUT2D eigenvalue weighted by atomic mass is 32.1. The fourth-order valence-corrected chi connectivity index (χ4v) is 3.36. The first-order valence-electron chi connectivity index (χ1n) is 9.09. The Kier molecular flexibility index (Phi) is 6.16. The summed E-state index contributed by atoms with van der Waals surface area (Å²) >= 11 is 5.38. The number of hydrogen-bond donors (Lipinski definition) is 1. The number of methoxy groups -OCH3 is 2. The Morgan fingerprint density at radius 2 is 1.75 bits per heavy atom. The third-order valence-corrected chi connectivity index (χ3v) is 5.03. The van der Waals surface area contributed by atoms with E-state index in [1.54, 1.807) is 18.9 Å². The van der Waals surface area contributed by atoms with E-state index in [1.165, 1.54) is 10.5 Å². The molecule has 0 bridgehead atoms. The number of benzene rings is 2. The van der Waals surface area contributed by atoms with E-state index in [1.807, 2.05) is 43.3 Å². The first-order chi connectivity index (χ1) is 13.4. The Morgan fingerprint density at radius 3 is 2.43 bits per heavy atom. The fourth-order valence-electron chi connectivity index (χ4n) is 3.18. The molecule has 0 spiro atoms. The van der Waals surface area contributed by atoms with Crippen molar-refractivity contribution in [3.63, 3.8) is 0 Å². The van der Waals surface area contributed by atoms with Crippen LogP contribution in [0.3, 0.4) is 0 Å². The van der Waals surface area contributed by atoms with Crippen LogP contribution in [0.15, 0.2) is 40.8 Å². The van der Waals surface area contributed by atoms with Gasteiger partial charge >= 0.3 is 0 Å². The van der Waals surface area contributed by atoms with Crippen LogP contribution in [0.4, 0.5) is 0 Å². The van der Waals surface area contributed by atoms with Gasteiger partial charge in [-0.1, -0.05) is 18.2 Å². The van der Waals surface area contributed by atoms with E-state index in [0.717, 1.165) is 34.7 Å². The molecule has 0 saturated carbocycles. The molecule has 0 saturated heterocycles. The first-order valence-corrected chi connectivity index (χ1v) is 9.50. The van der Waals surface area contributed by atoms with E-state index >= 15 is 0 Å². The Bertz CT molecular complexity index is 1030. The van der Waals surface area contributed by atoms with Gasteiger partial charge in [-0.2, -0.15) is 4.68 Å². The molecule has 1 aromatic heterocycles. The maximum absolute atomic E-state index is 5.74. The monoisotopic (exact) mass is 400 g/mol. The van der Waals surface area contributed by atoms with Crippen molar-refractivity contribution in [1.29, 1.82) is 0 Å². The lowest BCUT2D eigenvalue weighted by Gasteiger charge is -2.17.